The monoisotopic (exact) mass is 490 g/mol. The minimum absolute atomic E-state index is 0.137. The van der Waals surface area contributed by atoms with Crippen LogP contribution < -0.4 is 10.4 Å². The van der Waals surface area contributed by atoms with Crippen LogP contribution in [0.3, 0.4) is 0 Å². The van der Waals surface area contributed by atoms with E-state index in [-0.39, 0.29) is 35.4 Å². The second-order valence-electron chi connectivity index (χ2n) is 9.31. The summed E-state index contributed by atoms with van der Waals surface area (Å²) in [5, 5.41) is 8.64. The van der Waals surface area contributed by atoms with Crippen molar-refractivity contribution in [3.63, 3.8) is 0 Å². The molecule has 2 aromatic carbocycles. The van der Waals surface area contributed by atoms with E-state index in [4.69, 9.17) is 9.15 Å². The first-order chi connectivity index (χ1) is 17.4. The summed E-state index contributed by atoms with van der Waals surface area (Å²) in [6.45, 7) is 4.20. The Balaban J connectivity index is 1.30. The molecular formula is C27H27FN4O4. The van der Waals surface area contributed by atoms with Gasteiger partial charge < -0.3 is 14.1 Å². The zero-order valence-electron chi connectivity index (χ0n) is 20.2. The van der Waals surface area contributed by atoms with Gasteiger partial charge in [0.05, 0.1) is 12.7 Å². The number of ketones is 1. The molecule has 5 rings (SSSR count). The average Bonchev–Trinajstić information content (AvgIpc) is 3.33. The second-order valence-corrected chi connectivity index (χ2v) is 9.31. The maximum atomic E-state index is 13.1. The van der Waals surface area contributed by atoms with E-state index in [1.807, 2.05) is 19.1 Å². The highest BCUT2D eigenvalue weighted by atomic mass is 19.1. The van der Waals surface area contributed by atoms with E-state index >= 15 is 0 Å². The van der Waals surface area contributed by atoms with E-state index in [9.17, 15) is 14.0 Å². The lowest BCUT2D eigenvalue weighted by Gasteiger charge is -2.29. The number of hydrogen-bond donors (Lipinski definition) is 0. The Bertz CT molecular complexity index is 1450. The molecule has 0 saturated carbocycles. The number of carbonyl (C=O) groups is 1. The van der Waals surface area contributed by atoms with Gasteiger partial charge in [0.2, 0.25) is 0 Å². The lowest BCUT2D eigenvalue weighted by molar-refractivity contribution is 0.0987. The van der Waals surface area contributed by atoms with Gasteiger partial charge in [-0.25, -0.2) is 13.9 Å². The van der Waals surface area contributed by atoms with Gasteiger partial charge in [-0.1, -0.05) is 17.3 Å². The highest BCUT2D eigenvalue weighted by Gasteiger charge is 2.21. The normalized spacial score (nSPS) is 14.9. The molecule has 0 spiro atoms. The summed E-state index contributed by atoms with van der Waals surface area (Å²) in [6, 6.07) is 11.4. The van der Waals surface area contributed by atoms with Gasteiger partial charge in [-0.2, -0.15) is 0 Å². The summed E-state index contributed by atoms with van der Waals surface area (Å²) in [4.78, 5) is 27.8. The fourth-order valence-electron chi connectivity index (χ4n) is 4.43. The SMILES string of the molecule is Cc1c(OC2CCN(C)CC2)ccc2cc(CC(=O)c3cn(Cc4ccc(F)cc4)nn3)c(=O)oc12. The molecule has 186 valence electrons. The third kappa shape index (κ3) is 5.21. The Morgan fingerprint density at radius 3 is 2.67 bits per heavy atom. The van der Waals surface area contributed by atoms with E-state index in [2.05, 4.69) is 22.3 Å². The number of rotatable bonds is 7. The first-order valence-corrected chi connectivity index (χ1v) is 11.9. The van der Waals surface area contributed by atoms with Crippen LogP contribution in [0.5, 0.6) is 5.75 Å². The van der Waals surface area contributed by atoms with Crippen LogP contribution in [0.15, 0.2) is 57.9 Å². The molecule has 0 amide bonds. The molecule has 0 N–H and O–H groups in total. The van der Waals surface area contributed by atoms with Gasteiger partial charge in [0, 0.05) is 36.0 Å². The predicted octanol–water partition coefficient (Wildman–Crippen LogP) is 3.78. The summed E-state index contributed by atoms with van der Waals surface area (Å²) in [5.41, 5.74) is 1.90. The molecule has 36 heavy (non-hydrogen) atoms. The Morgan fingerprint density at radius 2 is 1.92 bits per heavy atom. The standard InChI is InChI=1S/C27H27FN4O4/c1-17-25(35-22-9-11-31(2)12-10-22)8-5-19-13-20(27(34)36-26(17)19)14-24(33)23-16-32(30-29-23)15-18-3-6-21(28)7-4-18/h3-8,13,16,22H,9-12,14-15H2,1-2H3. The number of fused-ring (bicyclic) bond motifs is 1. The fraction of sp³-hybridized carbons (Fsp3) is 0.333. The molecule has 1 aliphatic heterocycles. The van der Waals surface area contributed by atoms with Crippen molar-refractivity contribution in [2.45, 2.75) is 38.8 Å². The highest BCUT2D eigenvalue weighted by molar-refractivity contribution is 5.95. The van der Waals surface area contributed by atoms with Crippen molar-refractivity contribution in [3.8, 4) is 5.75 Å². The van der Waals surface area contributed by atoms with E-state index in [1.54, 1.807) is 18.2 Å². The predicted molar refractivity (Wildman–Crippen MR) is 132 cm³/mol. The van der Waals surface area contributed by atoms with Crippen molar-refractivity contribution in [1.82, 2.24) is 19.9 Å². The number of aryl methyl sites for hydroxylation is 1. The zero-order valence-corrected chi connectivity index (χ0v) is 20.2. The summed E-state index contributed by atoms with van der Waals surface area (Å²) in [6.07, 6.45) is 3.41. The van der Waals surface area contributed by atoms with Gasteiger partial charge in [0.25, 0.3) is 0 Å². The lowest BCUT2D eigenvalue weighted by atomic mass is 10.0. The van der Waals surface area contributed by atoms with Crippen LogP contribution in [0.25, 0.3) is 11.0 Å². The van der Waals surface area contributed by atoms with Crippen LogP contribution in [0.2, 0.25) is 0 Å². The topological polar surface area (TPSA) is 90.5 Å². The second kappa shape index (κ2) is 10.0. The van der Waals surface area contributed by atoms with Crippen LogP contribution in [0.4, 0.5) is 4.39 Å². The lowest BCUT2D eigenvalue weighted by Crippen LogP contribution is -2.35. The number of hydrogen-bond acceptors (Lipinski definition) is 7. The van der Waals surface area contributed by atoms with Crippen molar-refractivity contribution in [1.29, 1.82) is 0 Å². The maximum Gasteiger partial charge on any atom is 0.339 e. The fourth-order valence-corrected chi connectivity index (χ4v) is 4.43. The number of carbonyl (C=O) groups excluding carboxylic acids is 1. The van der Waals surface area contributed by atoms with Gasteiger partial charge >= 0.3 is 5.63 Å². The van der Waals surface area contributed by atoms with Crippen molar-refractivity contribution in [3.05, 3.63) is 87.3 Å². The van der Waals surface area contributed by atoms with Crippen LogP contribution in [-0.2, 0) is 13.0 Å². The summed E-state index contributed by atoms with van der Waals surface area (Å²) in [7, 11) is 2.10. The number of halogens is 1. The van der Waals surface area contributed by atoms with Crippen LogP contribution >= 0.6 is 0 Å². The smallest absolute Gasteiger partial charge is 0.339 e. The first kappa shape index (κ1) is 23.9. The molecule has 1 saturated heterocycles. The van der Waals surface area contributed by atoms with E-state index in [0.29, 0.717) is 17.9 Å². The molecule has 2 aromatic heterocycles. The maximum absolute atomic E-state index is 13.1. The Labute approximate surface area is 207 Å². The van der Waals surface area contributed by atoms with Crippen molar-refractivity contribution < 1.29 is 18.3 Å². The van der Waals surface area contributed by atoms with E-state index < -0.39 is 5.63 Å². The Morgan fingerprint density at radius 1 is 1.17 bits per heavy atom. The van der Waals surface area contributed by atoms with Crippen molar-refractivity contribution in [2.75, 3.05) is 20.1 Å². The van der Waals surface area contributed by atoms with E-state index in [1.165, 1.54) is 23.0 Å². The molecule has 0 unspecified atom stereocenters. The molecular weight excluding hydrogens is 463 g/mol. The van der Waals surface area contributed by atoms with E-state index in [0.717, 1.165) is 42.4 Å². The molecule has 0 aliphatic carbocycles. The third-order valence-electron chi connectivity index (χ3n) is 6.57. The van der Waals surface area contributed by atoms with Gasteiger partial charge in [-0.05, 0) is 62.7 Å². The molecule has 4 aromatic rings. The molecule has 0 radical (unpaired) electrons. The van der Waals surface area contributed by atoms with Gasteiger partial charge in [0.15, 0.2) is 5.78 Å². The van der Waals surface area contributed by atoms with Crippen LogP contribution in [-0.4, -0.2) is 51.9 Å². The largest absolute Gasteiger partial charge is 0.490 e. The summed E-state index contributed by atoms with van der Waals surface area (Å²) >= 11 is 0. The molecule has 3 heterocycles. The molecule has 9 heteroatoms. The minimum Gasteiger partial charge on any atom is -0.490 e. The number of Topliss-reactive ketones (excluding diaryl/α,β-unsaturated/α-hetero) is 1. The van der Waals surface area contributed by atoms with Crippen molar-refractivity contribution >= 4 is 16.8 Å². The molecule has 0 atom stereocenters. The van der Waals surface area contributed by atoms with Crippen molar-refractivity contribution in [2.24, 2.45) is 0 Å². The minimum atomic E-state index is -0.561. The number of ether oxygens (including phenoxy) is 1. The summed E-state index contributed by atoms with van der Waals surface area (Å²) in [5.74, 6) is 0.0476. The van der Waals surface area contributed by atoms with Gasteiger partial charge in [-0.15, -0.1) is 5.10 Å². The van der Waals surface area contributed by atoms with Crippen LogP contribution in [0, 0.1) is 12.7 Å². The number of piperidine rings is 1. The molecule has 0 bridgehead atoms. The number of benzene rings is 2. The highest BCUT2D eigenvalue weighted by Crippen LogP contribution is 2.29. The summed E-state index contributed by atoms with van der Waals surface area (Å²) < 4.78 is 26.4. The molecule has 8 nitrogen and oxygen atoms in total. The zero-order chi connectivity index (χ0) is 25.2. The number of nitrogens with zero attached hydrogens (tertiary/aromatic N) is 4. The quantitative estimate of drug-likeness (QED) is 0.288. The average molecular weight is 491 g/mol. The van der Waals surface area contributed by atoms with Crippen LogP contribution in [0.1, 0.15) is 40.0 Å². The molecule has 1 aliphatic rings. The molecule has 1 fully saturated rings. The third-order valence-corrected chi connectivity index (χ3v) is 6.57. The Hall–Kier alpha value is -3.85. The number of aromatic nitrogens is 3. The Kier molecular flexibility index (Phi) is 6.65. The first-order valence-electron chi connectivity index (χ1n) is 11.9. The number of likely N-dealkylation sites (tertiary alicyclic amines) is 1. The van der Waals surface area contributed by atoms with Gasteiger partial charge in [0.1, 0.15) is 28.9 Å². The van der Waals surface area contributed by atoms with Gasteiger partial charge in [-0.3, -0.25) is 4.79 Å².